The molecular weight excluding hydrogens is 248 g/mol. The third-order valence-electron chi connectivity index (χ3n) is 4.12. The number of carbonyl (C=O) groups is 1. The van der Waals surface area contributed by atoms with Gasteiger partial charge in [-0.1, -0.05) is 39.0 Å². The van der Waals surface area contributed by atoms with Crippen LogP contribution in [-0.4, -0.2) is 11.1 Å². The first-order chi connectivity index (χ1) is 9.35. The zero-order valence-electron chi connectivity index (χ0n) is 12.9. The Morgan fingerprint density at radius 2 is 1.85 bits per heavy atom. The summed E-state index contributed by atoms with van der Waals surface area (Å²) in [7, 11) is 0. The molecule has 0 aliphatic heterocycles. The van der Waals surface area contributed by atoms with Gasteiger partial charge in [0.2, 0.25) is 0 Å². The van der Waals surface area contributed by atoms with Crippen molar-refractivity contribution in [3.05, 3.63) is 34.9 Å². The van der Waals surface area contributed by atoms with Crippen LogP contribution in [0.1, 0.15) is 69.1 Å². The summed E-state index contributed by atoms with van der Waals surface area (Å²) in [4.78, 5) is 11.2. The molecule has 0 spiro atoms. The Labute approximate surface area is 122 Å². The average molecular weight is 274 g/mol. The standard InChI is InChI=1S/C18H26O2/c1-18(2,3)12-16(11-17(19)20)15-9-8-13-6-4-5-7-14(13)10-15/h8-10,16H,4-7,11-12H2,1-3H3,(H,19,20). The summed E-state index contributed by atoms with van der Waals surface area (Å²) in [6.45, 7) is 6.54. The van der Waals surface area contributed by atoms with E-state index in [1.54, 1.807) is 0 Å². The number of benzene rings is 1. The molecule has 1 aliphatic carbocycles. The fourth-order valence-electron chi connectivity index (χ4n) is 3.27. The highest BCUT2D eigenvalue weighted by molar-refractivity contribution is 5.68. The number of hydrogen-bond acceptors (Lipinski definition) is 1. The summed E-state index contributed by atoms with van der Waals surface area (Å²) in [5.74, 6) is -0.573. The molecule has 1 aromatic carbocycles. The Hall–Kier alpha value is -1.31. The van der Waals surface area contributed by atoms with Crippen LogP contribution in [0.25, 0.3) is 0 Å². The van der Waals surface area contributed by atoms with E-state index in [0.29, 0.717) is 0 Å². The normalized spacial score (nSPS) is 16.6. The molecular formula is C18H26O2. The molecule has 1 aliphatic rings. The second-order valence-corrected chi connectivity index (χ2v) is 7.29. The SMILES string of the molecule is CC(C)(C)CC(CC(=O)O)c1ccc2c(c1)CCCC2. The molecule has 1 aromatic rings. The molecule has 0 amide bonds. The van der Waals surface area contributed by atoms with E-state index in [9.17, 15) is 9.90 Å². The number of rotatable bonds is 4. The first-order valence-corrected chi connectivity index (χ1v) is 7.69. The fraction of sp³-hybridized carbons (Fsp3) is 0.611. The zero-order chi connectivity index (χ0) is 14.8. The highest BCUT2D eigenvalue weighted by Crippen LogP contribution is 2.35. The molecule has 1 unspecified atom stereocenters. The van der Waals surface area contributed by atoms with Gasteiger partial charge in [-0.3, -0.25) is 4.79 Å². The summed E-state index contributed by atoms with van der Waals surface area (Å²) in [6, 6.07) is 6.65. The van der Waals surface area contributed by atoms with Gasteiger partial charge in [0.25, 0.3) is 0 Å². The van der Waals surface area contributed by atoms with Gasteiger partial charge < -0.3 is 5.11 Å². The second kappa shape index (κ2) is 5.99. The molecule has 0 aromatic heterocycles. The Morgan fingerprint density at radius 3 is 2.45 bits per heavy atom. The maximum atomic E-state index is 11.2. The molecule has 0 fully saturated rings. The predicted octanol–water partition coefficient (Wildman–Crippen LogP) is 4.56. The van der Waals surface area contributed by atoms with Crippen LogP contribution < -0.4 is 0 Å². The van der Waals surface area contributed by atoms with Crippen molar-refractivity contribution in [2.45, 2.75) is 65.2 Å². The van der Waals surface area contributed by atoms with Gasteiger partial charge in [0.05, 0.1) is 6.42 Å². The monoisotopic (exact) mass is 274 g/mol. The van der Waals surface area contributed by atoms with E-state index in [1.165, 1.54) is 36.0 Å². The fourth-order valence-corrected chi connectivity index (χ4v) is 3.27. The minimum Gasteiger partial charge on any atom is -0.481 e. The molecule has 20 heavy (non-hydrogen) atoms. The molecule has 0 heterocycles. The average Bonchev–Trinajstić information content (AvgIpc) is 2.35. The quantitative estimate of drug-likeness (QED) is 0.874. The van der Waals surface area contributed by atoms with Crippen LogP contribution in [0.15, 0.2) is 18.2 Å². The number of fused-ring (bicyclic) bond motifs is 1. The maximum Gasteiger partial charge on any atom is 0.303 e. The lowest BCUT2D eigenvalue weighted by molar-refractivity contribution is -0.137. The van der Waals surface area contributed by atoms with E-state index in [0.717, 1.165) is 12.8 Å². The van der Waals surface area contributed by atoms with Crippen molar-refractivity contribution in [1.82, 2.24) is 0 Å². The van der Waals surface area contributed by atoms with Gasteiger partial charge >= 0.3 is 5.97 Å². The maximum absolute atomic E-state index is 11.2. The van der Waals surface area contributed by atoms with Gasteiger partial charge in [0, 0.05) is 0 Å². The van der Waals surface area contributed by atoms with Crippen molar-refractivity contribution in [1.29, 1.82) is 0 Å². The van der Waals surface area contributed by atoms with Crippen molar-refractivity contribution in [2.24, 2.45) is 5.41 Å². The smallest absolute Gasteiger partial charge is 0.303 e. The van der Waals surface area contributed by atoms with Crippen LogP contribution in [0, 0.1) is 5.41 Å². The second-order valence-electron chi connectivity index (χ2n) is 7.29. The van der Waals surface area contributed by atoms with Crippen LogP contribution in [0.2, 0.25) is 0 Å². The Kier molecular flexibility index (Phi) is 4.52. The summed E-state index contributed by atoms with van der Waals surface area (Å²) < 4.78 is 0. The topological polar surface area (TPSA) is 37.3 Å². The summed E-state index contributed by atoms with van der Waals surface area (Å²) >= 11 is 0. The van der Waals surface area contributed by atoms with Crippen molar-refractivity contribution in [2.75, 3.05) is 0 Å². The lowest BCUT2D eigenvalue weighted by atomic mass is 9.78. The van der Waals surface area contributed by atoms with E-state index in [1.807, 2.05) is 0 Å². The van der Waals surface area contributed by atoms with Crippen molar-refractivity contribution in [3.8, 4) is 0 Å². The van der Waals surface area contributed by atoms with Crippen LogP contribution in [-0.2, 0) is 17.6 Å². The van der Waals surface area contributed by atoms with Gasteiger partial charge in [-0.15, -0.1) is 0 Å². The molecule has 2 heteroatoms. The number of aryl methyl sites for hydroxylation is 2. The van der Waals surface area contributed by atoms with E-state index >= 15 is 0 Å². The predicted molar refractivity (Wildman–Crippen MR) is 82.1 cm³/mol. The van der Waals surface area contributed by atoms with Crippen molar-refractivity contribution >= 4 is 5.97 Å². The zero-order valence-corrected chi connectivity index (χ0v) is 12.9. The molecule has 1 N–H and O–H groups in total. The first-order valence-electron chi connectivity index (χ1n) is 7.69. The summed E-state index contributed by atoms with van der Waals surface area (Å²) in [5, 5.41) is 9.18. The van der Waals surface area contributed by atoms with E-state index < -0.39 is 5.97 Å². The van der Waals surface area contributed by atoms with Gasteiger partial charge in [0.1, 0.15) is 0 Å². The summed E-state index contributed by atoms with van der Waals surface area (Å²) in [6.07, 6.45) is 6.03. The summed E-state index contributed by atoms with van der Waals surface area (Å²) in [5.41, 5.74) is 4.27. The van der Waals surface area contributed by atoms with Gasteiger partial charge in [-0.25, -0.2) is 0 Å². The number of carboxylic acid groups (broad SMARTS) is 1. The largest absolute Gasteiger partial charge is 0.481 e. The van der Waals surface area contributed by atoms with Gasteiger partial charge in [-0.2, -0.15) is 0 Å². The molecule has 2 nitrogen and oxygen atoms in total. The van der Waals surface area contributed by atoms with Gasteiger partial charge in [0.15, 0.2) is 0 Å². The van der Waals surface area contributed by atoms with Crippen LogP contribution in [0.4, 0.5) is 0 Å². The first kappa shape index (κ1) is 15.1. The third kappa shape index (κ3) is 4.09. The molecule has 1 atom stereocenters. The Morgan fingerprint density at radius 1 is 1.20 bits per heavy atom. The Bertz CT molecular complexity index is 483. The van der Waals surface area contributed by atoms with Gasteiger partial charge in [-0.05, 0) is 60.1 Å². The van der Waals surface area contributed by atoms with E-state index in [2.05, 4.69) is 39.0 Å². The molecule has 0 bridgehead atoms. The number of carboxylic acids is 1. The molecule has 110 valence electrons. The lowest BCUT2D eigenvalue weighted by Crippen LogP contribution is -2.16. The van der Waals surface area contributed by atoms with Crippen LogP contribution >= 0.6 is 0 Å². The molecule has 0 radical (unpaired) electrons. The van der Waals surface area contributed by atoms with Crippen LogP contribution in [0.3, 0.4) is 0 Å². The number of hydrogen-bond donors (Lipinski definition) is 1. The molecule has 0 saturated carbocycles. The minimum absolute atomic E-state index is 0.125. The minimum atomic E-state index is -0.697. The molecule has 0 saturated heterocycles. The molecule has 2 rings (SSSR count). The van der Waals surface area contributed by atoms with Crippen LogP contribution in [0.5, 0.6) is 0 Å². The highest BCUT2D eigenvalue weighted by Gasteiger charge is 2.23. The number of aliphatic carboxylic acids is 1. The van der Waals surface area contributed by atoms with E-state index in [4.69, 9.17) is 0 Å². The van der Waals surface area contributed by atoms with Crippen molar-refractivity contribution < 1.29 is 9.90 Å². The highest BCUT2D eigenvalue weighted by atomic mass is 16.4. The third-order valence-corrected chi connectivity index (χ3v) is 4.12. The lowest BCUT2D eigenvalue weighted by Gasteiger charge is -2.26. The van der Waals surface area contributed by atoms with Crippen molar-refractivity contribution in [3.63, 3.8) is 0 Å². The van der Waals surface area contributed by atoms with E-state index in [-0.39, 0.29) is 17.8 Å². The Balaban J connectivity index is 2.25.